The maximum atomic E-state index is 9.53. The Labute approximate surface area is 185 Å². The van der Waals surface area contributed by atoms with Gasteiger partial charge in [-0.25, -0.2) is 0 Å². The van der Waals surface area contributed by atoms with Gasteiger partial charge in [-0.15, -0.1) is 0 Å². The molecule has 5 heteroatoms. The van der Waals surface area contributed by atoms with Gasteiger partial charge in [0.05, 0.1) is 18.1 Å². The molecule has 5 nitrogen and oxygen atoms in total. The molecular weight excluding hydrogens is 394 g/mol. The Morgan fingerprint density at radius 3 is 2.44 bits per heavy atom. The Hall–Kier alpha value is -4.35. The summed E-state index contributed by atoms with van der Waals surface area (Å²) in [5.74, 6) is 0.824. The minimum Gasteiger partial charge on any atom is -0.361 e. The highest BCUT2D eigenvalue weighted by molar-refractivity contribution is 6.11. The van der Waals surface area contributed by atoms with E-state index in [1.165, 1.54) is 22.3 Å². The van der Waals surface area contributed by atoms with Crippen molar-refractivity contribution in [3.8, 4) is 23.1 Å². The van der Waals surface area contributed by atoms with Gasteiger partial charge < -0.3 is 4.85 Å². The molecule has 2 heterocycles. The number of nitrogens with zero attached hydrogens (tertiary/aromatic N) is 5. The minimum absolute atomic E-state index is 0.0855. The minimum atomic E-state index is -0.0855. The van der Waals surface area contributed by atoms with Gasteiger partial charge in [-0.3, -0.25) is 9.13 Å². The quantitative estimate of drug-likeness (QED) is 0.305. The summed E-state index contributed by atoms with van der Waals surface area (Å²) in [5.41, 5.74) is 7.21. The van der Waals surface area contributed by atoms with Gasteiger partial charge in [0.15, 0.2) is 5.69 Å². The van der Waals surface area contributed by atoms with Crippen LogP contribution in [0, 0.1) is 17.9 Å². The molecule has 152 valence electrons. The van der Waals surface area contributed by atoms with Crippen LogP contribution in [0.15, 0.2) is 60.7 Å². The summed E-state index contributed by atoms with van der Waals surface area (Å²) in [4.78, 5) is 8.11. The van der Waals surface area contributed by atoms with Crippen molar-refractivity contribution in [2.24, 2.45) is 7.05 Å². The van der Waals surface area contributed by atoms with Gasteiger partial charge in [-0.05, 0) is 40.5 Å². The van der Waals surface area contributed by atoms with Crippen molar-refractivity contribution in [3.63, 3.8) is 0 Å². The van der Waals surface area contributed by atoms with Gasteiger partial charge in [0, 0.05) is 16.2 Å². The molecule has 3 aromatic carbocycles. The fraction of sp³-hybridized carbons (Fsp3) is 0.148. The standard InChI is InChI=1S/C27H19N5/c1-27(2)20-11-7-5-9-16(20)18-14-24-19(13-21(18)27)17-10-6-8-12-23(17)32(24)26-30-22(15-28)25(29-3)31(26)4/h5-14H,1-2,4H3. The summed E-state index contributed by atoms with van der Waals surface area (Å²) < 4.78 is 3.79. The van der Waals surface area contributed by atoms with Gasteiger partial charge in [0.2, 0.25) is 0 Å². The Kier molecular flexibility index (Phi) is 3.51. The number of nitriles is 1. The lowest BCUT2D eigenvalue weighted by atomic mass is 9.82. The van der Waals surface area contributed by atoms with Crippen molar-refractivity contribution in [1.29, 1.82) is 5.26 Å². The van der Waals surface area contributed by atoms with E-state index in [-0.39, 0.29) is 16.9 Å². The monoisotopic (exact) mass is 413 g/mol. The Balaban J connectivity index is 1.79. The highest BCUT2D eigenvalue weighted by atomic mass is 15.3. The third-order valence-electron chi connectivity index (χ3n) is 6.83. The van der Waals surface area contributed by atoms with Gasteiger partial charge in [-0.1, -0.05) is 62.9 Å². The van der Waals surface area contributed by atoms with Crippen molar-refractivity contribution in [2.75, 3.05) is 0 Å². The normalized spacial score (nSPS) is 13.7. The van der Waals surface area contributed by atoms with Crippen molar-refractivity contribution in [2.45, 2.75) is 19.3 Å². The number of hydrogen-bond acceptors (Lipinski definition) is 2. The maximum absolute atomic E-state index is 9.53. The van der Waals surface area contributed by atoms with E-state index in [1.807, 2.05) is 12.1 Å². The zero-order valence-corrected chi connectivity index (χ0v) is 18.0. The molecule has 0 saturated carbocycles. The molecule has 1 aliphatic rings. The largest absolute Gasteiger partial charge is 0.361 e. The molecule has 0 amide bonds. The molecule has 1 aliphatic carbocycles. The SMILES string of the molecule is [C-]#[N+]c1c(C#N)nc(-n2c3ccccc3c3cc4c(cc32)-c2ccccc2C4(C)C)n1C. The number of para-hydroxylation sites is 1. The topological polar surface area (TPSA) is 50.9 Å². The summed E-state index contributed by atoms with van der Waals surface area (Å²) in [6.45, 7) is 12.1. The molecule has 0 aliphatic heterocycles. The molecule has 6 rings (SSSR count). The second-order valence-electron chi connectivity index (χ2n) is 8.80. The zero-order chi connectivity index (χ0) is 22.2. The van der Waals surface area contributed by atoms with Crippen molar-refractivity contribution >= 4 is 27.6 Å². The van der Waals surface area contributed by atoms with E-state index in [9.17, 15) is 5.26 Å². The van der Waals surface area contributed by atoms with Gasteiger partial charge in [0.1, 0.15) is 6.07 Å². The lowest BCUT2D eigenvalue weighted by Gasteiger charge is -2.21. The molecule has 32 heavy (non-hydrogen) atoms. The molecule has 0 N–H and O–H groups in total. The molecule has 5 aromatic rings. The smallest absolute Gasteiger partial charge is 0.290 e. The van der Waals surface area contributed by atoms with Crippen LogP contribution >= 0.6 is 0 Å². The van der Waals surface area contributed by atoms with Crippen LogP contribution in [0.1, 0.15) is 30.7 Å². The molecule has 0 atom stereocenters. The predicted octanol–water partition coefficient (Wildman–Crippen LogP) is 6.25. The Morgan fingerprint density at radius 1 is 0.938 bits per heavy atom. The van der Waals surface area contributed by atoms with Crippen molar-refractivity contribution in [3.05, 3.63) is 88.9 Å². The first-order chi connectivity index (χ1) is 15.5. The molecule has 0 bridgehead atoms. The highest BCUT2D eigenvalue weighted by Crippen LogP contribution is 2.50. The average Bonchev–Trinajstić information content (AvgIpc) is 3.38. The predicted molar refractivity (Wildman–Crippen MR) is 126 cm³/mol. The third kappa shape index (κ3) is 2.12. The zero-order valence-electron chi connectivity index (χ0n) is 18.0. The van der Waals surface area contributed by atoms with E-state index in [2.05, 4.69) is 82.8 Å². The number of imidazole rings is 1. The van der Waals surface area contributed by atoms with Crippen LogP contribution in [-0.4, -0.2) is 14.1 Å². The summed E-state index contributed by atoms with van der Waals surface area (Å²) >= 11 is 0. The van der Waals surface area contributed by atoms with Crippen LogP contribution in [0.3, 0.4) is 0 Å². The van der Waals surface area contributed by atoms with Crippen LogP contribution in [0.25, 0.3) is 43.7 Å². The first-order valence-electron chi connectivity index (χ1n) is 10.5. The van der Waals surface area contributed by atoms with Crippen LogP contribution < -0.4 is 0 Å². The van der Waals surface area contributed by atoms with Crippen LogP contribution in [0.5, 0.6) is 0 Å². The second-order valence-corrected chi connectivity index (χ2v) is 8.80. The second kappa shape index (κ2) is 6.09. The fourth-order valence-electron chi connectivity index (χ4n) is 5.26. The summed E-state index contributed by atoms with van der Waals surface area (Å²) in [5, 5.41) is 11.8. The van der Waals surface area contributed by atoms with E-state index in [0.29, 0.717) is 5.95 Å². The molecule has 0 unspecified atom stereocenters. The van der Waals surface area contributed by atoms with Gasteiger partial charge >= 0.3 is 0 Å². The van der Waals surface area contributed by atoms with Crippen molar-refractivity contribution in [1.82, 2.24) is 14.1 Å². The third-order valence-corrected chi connectivity index (χ3v) is 6.83. The Bertz CT molecular complexity index is 1680. The van der Waals surface area contributed by atoms with Crippen LogP contribution in [0.2, 0.25) is 0 Å². The van der Waals surface area contributed by atoms with E-state index in [4.69, 9.17) is 6.57 Å². The molecule has 0 saturated heterocycles. The van der Waals surface area contributed by atoms with Crippen molar-refractivity contribution < 1.29 is 0 Å². The van der Waals surface area contributed by atoms with E-state index >= 15 is 0 Å². The molecular formula is C27H19N5. The highest BCUT2D eigenvalue weighted by Gasteiger charge is 2.36. The molecule has 0 radical (unpaired) electrons. The summed E-state index contributed by atoms with van der Waals surface area (Å²) in [7, 11) is 1.79. The van der Waals surface area contributed by atoms with Gasteiger partial charge in [-0.2, -0.15) is 10.2 Å². The summed E-state index contributed by atoms with van der Waals surface area (Å²) in [6.07, 6.45) is 0. The lowest BCUT2D eigenvalue weighted by Crippen LogP contribution is -2.14. The molecule has 2 aromatic heterocycles. The summed E-state index contributed by atoms with van der Waals surface area (Å²) in [6, 6.07) is 23.5. The number of hydrogen-bond donors (Lipinski definition) is 0. The first-order valence-corrected chi connectivity index (χ1v) is 10.5. The number of benzene rings is 3. The first kappa shape index (κ1) is 18.4. The number of aromatic nitrogens is 3. The fourth-order valence-corrected chi connectivity index (χ4v) is 5.26. The molecule has 0 spiro atoms. The van der Waals surface area contributed by atoms with E-state index in [1.54, 1.807) is 11.6 Å². The van der Waals surface area contributed by atoms with Crippen LogP contribution in [-0.2, 0) is 12.5 Å². The van der Waals surface area contributed by atoms with Crippen LogP contribution in [0.4, 0.5) is 5.82 Å². The average molecular weight is 413 g/mol. The Morgan fingerprint density at radius 2 is 1.69 bits per heavy atom. The van der Waals surface area contributed by atoms with Gasteiger partial charge in [0.25, 0.3) is 11.8 Å². The number of fused-ring (bicyclic) bond motifs is 6. The molecule has 0 fully saturated rings. The van der Waals surface area contributed by atoms with E-state index < -0.39 is 0 Å². The maximum Gasteiger partial charge on any atom is 0.290 e. The lowest BCUT2D eigenvalue weighted by molar-refractivity contribution is 0.661. The van der Waals surface area contributed by atoms with E-state index in [0.717, 1.165) is 21.8 Å². The number of rotatable bonds is 1.